The lowest BCUT2D eigenvalue weighted by Crippen LogP contribution is -2.42. The molecule has 0 aliphatic heterocycles. The Bertz CT molecular complexity index is 1190. The van der Waals surface area contributed by atoms with Gasteiger partial charge in [-0.3, -0.25) is 4.57 Å². The van der Waals surface area contributed by atoms with Crippen molar-refractivity contribution in [3.05, 3.63) is 36.2 Å². The number of ether oxygens (including phenoxy) is 2. The minimum atomic E-state index is -2.77. The second-order valence-electron chi connectivity index (χ2n) is 9.38. The van der Waals surface area contributed by atoms with Crippen LogP contribution in [0.25, 0.3) is 16.9 Å². The fraction of sp³-hybridized carbons (Fsp3) is 0.500. The topological polar surface area (TPSA) is 91.2 Å². The van der Waals surface area contributed by atoms with E-state index in [0.717, 1.165) is 12.8 Å². The number of aromatic nitrogens is 4. The highest BCUT2D eigenvalue weighted by Crippen LogP contribution is 2.30. The molecule has 4 rings (SSSR count). The minimum Gasteiger partial charge on any atom is -0.474 e. The molecule has 1 fully saturated rings. The molecule has 0 unspecified atom stereocenters. The first-order valence-corrected chi connectivity index (χ1v) is 12.7. The molecule has 8 nitrogen and oxygen atoms in total. The van der Waals surface area contributed by atoms with Crippen LogP contribution in [0.5, 0.6) is 5.88 Å². The molecule has 35 heavy (non-hydrogen) atoms. The van der Waals surface area contributed by atoms with Gasteiger partial charge in [-0.15, -0.1) is 0 Å². The minimum absolute atomic E-state index is 0.0123. The van der Waals surface area contributed by atoms with Crippen LogP contribution in [0.15, 0.2) is 35.5 Å². The van der Waals surface area contributed by atoms with Crippen molar-refractivity contribution < 1.29 is 23.0 Å². The highest BCUT2D eigenvalue weighted by atomic mass is 32.2. The van der Waals surface area contributed by atoms with Crippen molar-refractivity contribution in [2.24, 2.45) is 0 Å². The Balaban J connectivity index is 1.50. The molecule has 1 amide bonds. The van der Waals surface area contributed by atoms with E-state index in [9.17, 15) is 13.6 Å². The summed E-state index contributed by atoms with van der Waals surface area (Å²) >= 11 is 1.30. The third kappa shape index (κ3) is 6.19. The largest absolute Gasteiger partial charge is 0.474 e. The van der Waals surface area contributed by atoms with Crippen molar-refractivity contribution in [3.63, 3.8) is 0 Å². The first-order chi connectivity index (χ1) is 16.6. The standard InChI is InChI=1S/C24H29F2N5O3S/c1-24(2,3)34-23(32)27-14-9-11-15(12-10-14)33-19-13-18(29-22(30-19)35-4)31-17-8-6-5-7-16(17)28-21(31)20(25)26/h5-8,13-15,20H,9-12H2,1-4H3,(H,27,32). The summed E-state index contributed by atoms with van der Waals surface area (Å²) in [6.45, 7) is 5.48. The van der Waals surface area contributed by atoms with Crippen molar-refractivity contribution >= 4 is 28.9 Å². The van der Waals surface area contributed by atoms with Crippen LogP contribution in [0, 0.1) is 0 Å². The number of benzene rings is 1. The van der Waals surface area contributed by atoms with Crippen molar-refractivity contribution in [1.29, 1.82) is 0 Å². The van der Waals surface area contributed by atoms with Crippen LogP contribution in [-0.2, 0) is 4.74 Å². The third-order valence-corrected chi connectivity index (χ3v) is 6.09. The average Bonchev–Trinajstić information content (AvgIpc) is 3.19. The molecule has 1 aliphatic carbocycles. The van der Waals surface area contributed by atoms with E-state index in [2.05, 4.69) is 20.3 Å². The Morgan fingerprint density at radius 1 is 1.14 bits per heavy atom. The first kappa shape index (κ1) is 25.2. The zero-order valence-corrected chi connectivity index (χ0v) is 20.9. The van der Waals surface area contributed by atoms with Crippen LogP contribution in [0.2, 0.25) is 0 Å². The number of imidazole rings is 1. The predicted molar refractivity (Wildman–Crippen MR) is 129 cm³/mol. The lowest BCUT2D eigenvalue weighted by molar-refractivity contribution is 0.0469. The molecule has 0 atom stereocenters. The van der Waals surface area contributed by atoms with Gasteiger partial charge in [0.15, 0.2) is 11.0 Å². The van der Waals surface area contributed by atoms with Gasteiger partial charge in [0.2, 0.25) is 5.88 Å². The van der Waals surface area contributed by atoms with Crippen LogP contribution < -0.4 is 10.1 Å². The number of para-hydroxylation sites is 2. The van der Waals surface area contributed by atoms with Crippen molar-refractivity contribution in [1.82, 2.24) is 24.8 Å². The van der Waals surface area contributed by atoms with Crippen LogP contribution in [0.4, 0.5) is 13.6 Å². The number of nitrogens with zero attached hydrogens (tertiary/aromatic N) is 4. The number of hydrogen-bond acceptors (Lipinski definition) is 7. The number of nitrogens with one attached hydrogen (secondary N) is 1. The van der Waals surface area contributed by atoms with Crippen molar-refractivity contribution in [3.8, 4) is 11.7 Å². The molecule has 188 valence electrons. The number of alkyl halides is 2. The molecule has 1 aromatic carbocycles. The van der Waals surface area contributed by atoms with Crippen LogP contribution in [0.3, 0.4) is 0 Å². The number of fused-ring (bicyclic) bond motifs is 1. The molecule has 0 spiro atoms. The summed E-state index contributed by atoms with van der Waals surface area (Å²) in [5.74, 6) is 0.223. The van der Waals surface area contributed by atoms with Crippen LogP contribution in [0.1, 0.15) is 58.7 Å². The smallest absolute Gasteiger partial charge is 0.407 e. The van der Waals surface area contributed by atoms with Gasteiger partial charge in [0.25, 0.3) is 6.43 Å². The fourth-order valence-corrected chi connectivity index (χ4v) is 4.43. The normalized spacial score (nSPS) is 18.6. The van der Waals surface area contributed by atoms with E-state index in [1.807, 2.05) is 27.0 Å². The zero-order chi connectivity index (χ0) is 25.2. The maximum absolute atomic E-state index is 13.8. The first-order valence-electron chi connectivity index (χ1n) is 11.5. The molecule has 1 N–H and O–H groups in total. The SMILES string of the molecule is CSc1nc(OC2CCC(NC(=O)OC(C)(C)C)CC2)cc(-n2c(C(F)F)nc3ccccc32)n1. The Labute approximate surface area is 206 Å². The summed E-state index contributed by atoms with van der Waals surface area (Å²) in [4.78, 5) is 25.0. The van der Waals surface area contributed by atoms with Crippen LogP contribution in [-0.4, -0.2) is 49.6 Å². The fourth-order valence-electron chi connectivity index (χ4n) is 4.06. The van der Waals surface area contributed by atoms with E-state index in [4.69, 9.17) is 9.47 Å². The second kappa shape index (κ2) is 10.3. The number of thioether (sulfide) groups is 1. The van der Waals surface area contributed by atoms with Gasteiger partial charge in [-0.05, 0) is 64.8 Å². The molecule has 0 bridgehead atoms. The highest BCUT2D eigenvalue weighted by Gasteiger charge is 2.27. The summed E-state index contributed by atoms with van der Waals surface area (Å²) in [5, 5.41) is 3.33. The molecule has 0 radical (unpaired) electrons. The molecule has 2 heterocycles. The van der Waals surface area contributed by atoms with E-state index >= 15 is 0 Å². The van der Waals surface area contributed by atoms with Gasteiger partial charge >= 0.3 is 6.09 Å². The van der Waals surface area contributed by atoms with E-state index in [1.54, 1.807) is 30.3 Å². The molecule has 1 saturated carbocycles. The lowest BCUT2D eigenvalue weighted by atomic mass is 9.93. The lowest BCUT2D eigenvalue weighted by Gasteiger charge is -2.30. The van der Waals surface area contributed by atoms with Crippen molar-refractivity contribution in [2.75, 3.05) is 6.26 Å². The summed E-state index contributed by atoms with van der Waals surface area (Å²) in [5.41, 5.74) is 0.452. The van der Waals surface area contributed by atoms with Gasteiger partial charge < -0.3 is 14.8 Å². The number of halogens is 2. The van der Waals surface area contributed by atoms with E-state index < -0.39 is 18.1 Å². The summed E-state index contributed by atoms with van der Waals surface area (Å²) < 4.78 is 40.5. The van der Waals surface area contributed by atoms with Gasteiger partial charge in [0.05, 0.1) is 11.0 Å². The molecular formula is C24H29F2N5O3S. The number of hydrogen-bond donors (Lipinski definition) is 1. The number of carbonyl (C=O) groups is 1. The van der Waals surface area contributed by atoms with Crippen molar-refractivity contribution in [2.45, 2.75) is 75.8 Å². The number of rotatable bonds is 6. The Hall–Kier alpha value is -2.95. The maximum atomic E-state index is 13.8. The number of amides is 1. The predicted octanol–water partition coefficient (Wildman–Crippen LogP) is 5.69. The third-order valence-electron chi connectivity index (χ3n) is 5.54. The molecule has 11 heteroatoms. The van der Waals surface area contributed by atoms with E-state index in [1.165, 1.54) is 16.3 Å². The Morgan fingerprint density at radius 2 is 1.86 bits per heavy atom. The van der Waals surface area contributed by atoms with E-state index in [-0.39, 0.29) is 23.8 Å². The maximum Gasteiger partial charge on any atom is 0.407 e. The molecular weight excluding hydrogens is 476 g/mol. The monoisotopic (exact) mass is 505 g/mol. The molecule has 0 saturated heterocycles. The van der Waals surface area contributed by atoms with Gasteiger partial charge in [-0.1, -0.05) is 23.9 Å². The molecule has 1 aliphatic rings. The van der Waals surface area contributed by atoms with Gasteiger partial charge in [0, 0.05) is 12.1 Å². The quantitative estimate of drug-likeness (QED) is 0.340. The summed E-state index contributed by atoms with van der Waals surface area (Å²) in [6.07, 6.45) is 1.41. The van der Waals surface area contributed by atoms with Gasteiger partial charge in [0.1, 0.15) is 17.5 Å². The Morgan fingerprint density at radius 3 is 2.51 bits per heavy atom. The molecule has 3 aromatic rings. The molecule has 2 aromatic heterocycles. The number of alkyl carbamates (subject to hydrolysis) is 1. The summed E-state index contributed by atoms with van der Waals surface area (Å²) in [7, 11) is 0. The second-order valence-corrected chi connectivity index (χ2v) is 10.2. The van der Waals surface area contributed by atoms with Gasteiger partial charge in [-0.25, -0.2) is 23.5 Å². The van der Waals surface area contributed by atoms with Crippen LogP contribution >= 0.6 is 11.8 Å². The zero-order valence-electron chi connectivity index (χ0n) is 20.1. The van der Waals surface area contributed by atoms with E-state index in [0.29, 0.717) is 34.9 Å². The Kier molecular flexibility index (Phi) is 7.44. The number of carbonyl (C=O) groups excluding carboxylic acids is 1. The van der Waals surface area contributed by atoms with Gasteiger partial charge in [-0.2, -0.15) is 4.98 Å². The average molecular weight is 506 g/mol. The highest BCUT2D eigenvalue weighted by molar-refractivity contribution is 7.98. The summed E-state index contributed by atoms with van der Waals surface area (Å²) in [6, 6.07) is 8.53.